The normalized spacial score (nSPS) is 19.4. The topological polar surface area (TPSA) is 4.41 Å². The molecule has 0 unspecified atom stereocenters. The lowest BCUT2D eigenvalue weighted by molar-refractivity contribution is 1.35. The van der Waals surface area contributed by atoms with Gasteiger partial charge in [-0.1, -0.05) is 70.3 Å². The average Bonchev–Trinajstić information content (AvgIpc) is 3.20. The molecule has 0 spiro atoms. The number of nitrogens with zero attached hydrogens (tertiary/aromatic N) is 1. The molecule has 0 N–H and O–H groups in total. The molecule has 0 amide bonds. The highest BCUT2D eigenvalue weighted by atomic mass is 79.9. The van der Waals surface area contributed by atoms with Gasteiger partial charge in [-0.3, -0.25) is 0 Å². The Kier molecular flexibility index (Phi) is 1.08. The zero-order chi connectivity index (χ0) is 26.3. The van der Waals surface area contributed by atoms with Crippen molar-refractivity contribution < 1.29 is 16.4 Å². The lowest BCUT2D eigenvalue weighted by Gasteiger charge is -2.12. The summed E-state index contributed by atoms with van der Waals surface area (Å²) >= 11 is 3.17. The van der Waals surface area contributed by atoms with Crippen LogP contribution >= 0.6 is 15.9 Å². The van der Waals surface area contributed by atoms with Crippen LogP contribution in [0, 0.1) is 0 Å². The molecule has 0 radical (unpaired) electrons. The molecule has 0 aliphatic heterocycles. The van der Waals surface area contributed by atoms with Gasteiger partial charge in [0.2, 0.25) is 0 Å². The molecular weight excluding hydrogens is 358 g/mol. The van der Waals surface area contributed by atoms with Crippen LogP contribution < -0.4 is 0 Å². The van der Waals surface area contributed by atoms with Gasteiger partial charge in [-0.25, -0.2) is 0 Å². The number of hydrogen-bond acceptors (Lipinski definition) is 0. The minimum atomic E-state index is -0.550. The van der Waals surface area contributed by atoms with Crippen molar-refractivity contribution in [1.82, 2.24) is 4.40 Å². The Bertz CT molecular complexity index is 2020. The third kappa shape index (κ3) is 1.41. The van der Waals surface area contributed by atoms with Crippen LogP contribution in [0.25, 0.3) is 48.9 Å². The van der Waals surface area contributed by atoms with Crippen LogP contribution in [0.3, 0.4) is 0 Å². The molecule has 0 saturated carbocycles. The van der Waals surface area contributed by atoms with Gasteiger partial charge in [0.1, 0.15) is 0 Å². The second kappa shape index (κ2) is 4.28. The van der Waals surface area contributed by atoms with Gasteiger partial charge in [-0.15, -0.1) is 0 Å². The van der Waals surface area contributed by atoms with Crippen LogP contribution in [0.15, 0.2) is 77.0 Å². The summed E-state index contributed by atoms with van der Waals surface area (Å²) in [5.41, 5.74) is -0.00617. The van der Waals surface area contributed by atoms with Gasteiger partial charge in [0, 0.05) is 26.0 Å². The first-order chi connectivity index (χ1) is 16.8. The smallest absolute Gasteiger partial charge is 0.0657 e. The first-order valence-electron chi connectivity index (χ1n) is 13.1. The molecule has 0 aliphatic carbocycles. The second-order valence-electron chi connectivity index (χ2n) is 5.45. The lowest BCUT2D eigenvalue weighted by Crippen LogP contribution is -1.92. The minimum absolute atomic E-state index is 0.000865. The van der Waals surface area contributed by atoms with E-state index in [1.807, 2.05) is 0 Å². The summed E-state index contributed by atoms with van der Waals surface area (Å²) in [6.45, 7) is 0. The molecule has 6 rings (SSSR count). The Morgan fingerprint density at radius 3 is 2.29 bits per heavy atom. The number of rotatable bonds is 0. The summed E-state index contributed by atoms with van der Waals surface area (Å²) in [6, 6.07) is -5.34. The summed E-state index contributed by atoms with van der Waals surface area (Å²) in [6.07, 6.45) is 0. The molecule has 0 fully saturated rings. The van der Waals surface area contributed by atoms with E-state index in [-0.39, 0.29) is 71.5 Å². The summed E-state index contributed by atoms with van der Waals surface area (Å²) in [4.78, 5) is 0. The predicted molar refractivity (Wildman–Crippen MR) is 106 cm³/mol. The fraction of sp³-hybridized carbons (Fsp3) is 0. The molecule has 2 aromatic heterocycles. The molecule has 24 heavy (non-hydrogen) atoms. The monoisotopic (exact) mass is 381 g/mol. The Morgan fingerprint density at radius 2 is 1.42 bits per heavy atom. The number of fused-ring (bicyclic) bond motifs is 5. The van der Waals surface area contributed by atoms with Crippen molar-refractivity contribution in [1.29, 1.82) is 0 Å². The molecule has 0 saturated heterocycles. The molecule has 0 atom stereocenters. The van der Waals surface area contributed by atoms with Crippen molar-refractivity contribution in [3.05, 3.63) is 77.0 Å². The number of halogens is 1. The zero-order valence-corrected chi connectivity index (χ0v) is 13.4. The fourth-order valence-electron chi connectivity index (χ4n) is 3.35. The van der Waals surface area contributed by atoms with Gasteiger partial charge < -0.3 is 4.40 Å². The molecule has 0 bridgehead atoms. The Hall–Kier alpha value is -2.58. The molecule has 1 nitrogen and oxygen atoms in total. The quantitative estimate of drug-likeness (QED) is 0.202. The molecular formula is C22H12BrN. The largest absolute Gasteiger partial charge is 0.308 e. The number of aromatic nitrogens is 1. The summed E-state index contributed by atoms with van der Waals surface area (Å²) in [5, 5.41) is -0.311. The van der Waals surface area contributed by atoms with Gasteiger partial charge in [0.05, 0.1) is 33.0 Å². The lowest BCUT2D eigenvalue weighted by atomic mass is 9.99. The maximum Gasteiger partial charge on any atom is 0.0657 e. The fourth-order valence-corrected chi connectivity index (χ4v) is 3.64. The number of pyridine rings is 1. The summed E-state index contributed by atoms with van der Waals surface area (Å²) in [7, 11) is 0. The first-order valence-corrected chi connectivity index (χ1v) is 7.90. The van der Waals surface area contributed by atoms with Crippen molar-refractivity contribution in [2.45, 2.75) is 0 Å². The highest BCUT2D eigenvalue weighted by molar-refractivity contribution is 9.10. The van der Waals surface area contributed by atoms with Gasteiger partial charge in [-0.2, -0.15) is 0 Å². The first kappa shape index (κ1) is 6.05. The van der Waals surface area contributed by atoms with Crippen molar-refractivity contribution in [2.24, 2.45) is 0 Å². The SMILES string of the molecule is [2H]c1c([2H])c2c([2H])c([2H])c([2H])c3c2c(c1[2H])c1c([2H])c([2H])c([2H])c2c4c([2H])c([2H])c(Br)c([2H])c4n3c12. The summed E-state index contributed by atoms with van der Waals surface area (Å²) in [5.74, 6) is 0. The molecule has 4 aromatic carbocycles. The Balaban J connectivity index is 2.25. The van der Waals surface area contributed by atoms with Crippen LogP contribution in [0.1, 0.15) is 16.4 Å². The molecule has 6 aromatic rings. The highest BCUT2D eigenvalue weighted by Gasteiger charge is 2.16. The van der Waals surface area contributed by atoms with E-state index in [4.69, 9.17) is 16.4 Å². The molecule has 0 aliphatic rings. The maximum atomic E-state index is 8.76. The minimum Gasteiger partial charge on any atom is -0.308 e. The second-order valence-corrected chi connectivity index (χ2v) is 6.24. The number of hydrogen-bond donors (Lipinski definition) is 0. The Morgan fingerprint density at radius 1 is 0.708 bits per heavy atom. The number of para-hydroxylation sites is 1. The van der Waals surface area contributed by atoms with Gasteiger partial charge in [0.15, 0.2) is 0 Å². The van der Waals surface area contributed by atoms with Crippen molar-refractivity contribution in [3.8, 4) is 0 Å². The molecule has 2 heterocycles. The van der Waals surface area contributed by atoms with E-state index < -0.39 is 54.4 Å². The van der Waals surface area contributed by atoms with E-state index in [0.717, 1.165) is 0 Å². The van der Waals surface area contributed by atoms with Gasteiger partial charge in [-0.05, 0) is 28.9 Å². The average molecular weight is 382 g/mol. The van der Waals surface area contributed by atoms with E-state index in [9.17, 15) is 0 Å². The maximum absolute atomic E-state index is 8.76. The third-order valence-electron chi connectivity index (χ3n) is 4.26. The highest BCUT2D eigenvalue weighted by Crippen LogP contribution is 2.40. The van der Waals surface area contributed by atoms with E-state index in [1.54, 1.807) is 0 Å². The molecule has 2 heteroatoms. The van der Waals surface area contributed by atoms with Crippen molar-refractivity contribution >= 4 is 64.8 Å². The third-order valence-corrected chi connectivity index (χ3v) is 4.66. The van der Waals surface area contributed by atoms with Gasteiger partial charge in [0.25, 0.3) is 0 Å². The van der Waals surface area contributed by atoms with Crippen LogP contribution in [-0.2, 0) is 0 Å². The van der Waals surface area contributed by atoms with E-state index >= 15 is 0 Å². The van der Waals surface area contributed by atoms with E-state index in [1.165, 1.54) is 4.40 Å². The van der Waals surface area contributed by atoms with Crippen molar-refractivity contribution in [2.75, 3.05) is 0 Å². The van der Waals surface area contributed by atoms with E-state index in [0.29, 0.717) is 0 Å². The van der Waals surface area contributed by atoms with Crippen LogP contribution in [-0.4, -0.2) is 4.40 Å². The zero-order valence-electron chi connectivity index (χ0n) is 23.8. The van der Waals surface area contributed by atoms with E-state index in [2.05, 4.69) is 15.9 Å². The Labute approximate surface area is 163 Å². The van der Waals surface area contributed by atoms with Crippen LogP contribution in [0.5, 0.6) is 0 Å². The van der Waals surface area contributed by atoms with Crippen LogP contribution in [0.4, 0.5) is 0 Å². The standard InChI is InChI=1S/C22H12BrN/c23-14-10-11-15-17-7-3-8-18-16-6-1-4-13-5-2-9-19(21(13)16)24(22(17)18)20(15)12-14/h1-12H/i1D,2D,3D,4D,5D,6D,7D,8D,9D,10D,11D,12D. The van der Waals surface area contributed by atoms with Gasteiger partial charge >= 0.3 is 0 Å². The van der Waals surface area contributed by atoms with Crippen LogP contribution in [0.2, 0.25) is 0 Å². The predicted octanol–water partition coefficient (Wildman–Crippen LogP) is 6.75. The number of benzene rings is 4. The molecule has 112 valence electrons. The summed E-state index contributed by atoms with van der Waals surface area (Å²) < 4.78 is 104. The van der Waals surface area contributed by atoms with Crippen molar-refractivity contribution in [3.63, 3.8) is 0 Å².